The van der Waals surface area contributed by atoms with Crippen molar-refractivity contribution in [2.45, 2.75) is 31.5 Å². The van der Waals surface area contributed by atoms with Gasteiger partial charge in [0.15, 0.2) is 0 Å². The van der Waals surface area contributed by atoms with Gasteiger partial charge in [-0.2, -0.15) is 0 Å². The Balaban J connectivity index is 1.67. The van der Waals surface area contributed by atoms with E-state index in [1.54, 1.807) is 0 Å². The van der Waals surface area contributed by atoms with Crippen molar-refractivity contribution in [1.29, 1.82) is 0 Å². The normalized spacial score (nSPS) is 20.0. The van der Waals surface area contributed by atoms with Crippen molar-refractivity contribution >= 4 is 0 Å². The standard InChI is InChI=1S/C20H23NO/c22-20(18-11-5-2-6-12-18)15-19-13-7-8-14-21(19)16-17-9-3-1-4-10-17/h1-12,19-20,22H,13-16H2/t19-,20-/m1/s1. The molecular weight excluding hydrogens is 270 g/mol. The third-order valence-electron chi connectivity index (χ3n) is 4.34. The molecule has 0 bridgehead atoms. The van der Waals surface area contributed by atoms with E-state index in [2.05, 4.69) is 47.4 Å². The first-order chi connectivity index (χ1) is 10.8. The molecule has 2 atom stereocenters. The second-order valence-electron chi connectivity index (χ2n) is 5.94. The SMILES string of the molecule is O[C@H](C[C@H]1CC=CCN1Cc1ccccc1)c1ccccc1. The van der Waals surface area contributed by atoms with E-state index in [4.69, 9.17) is 0 Å². The van der Waals surface area contributed by atoms with Gasteiger partial charge in [-0.3, -0.25) is 4.90 Å². The summed E-state index contributed by atoms with van der Waals surface area (Å²) in [5, 5.41) is 10.5. The highest BCUT2D eigenvalue weighted by Crippen LogP contribution is 2.25. The maximum atomic E-state index is 10.5. The molecular formula is C20H23NO. The Hall–Kier alpha value is -1.90. The lowest BCUT2D eigenvalue weighted by Gasteiger charge is -2.34. The summed E-state index contributed by atoms with van der Waals surface area (Å²) in [5.74, 6) is 0. The average Bonchev–Trinajstić information content (AvgIpc) is 2.58. The van der Waals surface area contributed by atoms with E-state index in [9.17, 15) is 5.11 Å². The molecule has 1 aliphatic rings. The number of aliphatic hydroxyl groups excluding tert-OH is 1. The number of hydrogen-bond donors (Lipinski definition) is 1. The summed E-state index contributed by atoms with van der Waals surface area (Å²) in [6.07, 6.45) is 5.87. The van der Waals surface area contributed by atoms with Crippen LogP contribution in [0.4, 0.5) is 0 Å². The van der Waals surface area contributed by atoms with Gasteiger partial charge in [-0.25, -0.2) is 0 Å². The lowest BCUT2D eigenvalue weighted by Crippen LogP contribution is -2.38. The summed E-state index contributed by atoms with van der Waals surface area (Å²) in [7, 11) is 0. The smallest absolute Gasteiger partial charge is 0.0805 e. The maximum absolute atomic E-state index is 10.5. The van der Waals surface area contributed by atoms with Gasteiger partial charge in [-0.1, -0.05) is 72.8 Å². The largest absolute Gasteiger partial charge is 0.388 e. The third kappa shape index (κ3) is 3.85. The highest BCUT2D eigenvalue weighted by atomic mass is 16.3. The number of benzene rings is 2. The molecule has 0 spiro atoms. The predicted molar refractivity (Wildman–Crippen MR) is 90.4 cm³/mol. The van der Waals surface area contributed by atoms with Gasteiger partial charge >= 0.3 is 0 Å². The Morgan fingerprint density at radius 2 is 1.64 bits per heavy atom. The minimum absolute atomic E-state index is 0.389. The molecule has 0 saturated heterocycles. The molecule has 0 radical (unpaired) electrons. The molecule has 1 aliphatic heterocycles. The van der Waals surface area contributed by atoms with Crippen LogP contribution in [0, 0.1) is 0 Å². The van der Waals surface area contributed by atoms with Crippen LogP contribution in [-0.2, 0) is 6.54 Å². The topological polar surface area (TPSA) is 23.5 Å². The zero-order chi connectivity index (χ0) is 15.2. The van der Waals surface area contributed by atoms with Crippen molar-refractivity contribution in [2.24, 2.45) is 0 Å². The fourth-order valence-corrected chi connectivity index (χ4v) is 3.09. The van der Waals surface area contributed by atoms with Crippen molar-refractivity contribution < 1.29 is 5.11 Å². The highest BCUT2D eigenvalue weighted by molar-refractivity contribution is 5.18. The Morgan fingerprint density at radius 3 is 2.36 bits per heavy atom. The van der Waals surface area contributed by atoms with Crippen LogP contribution in [0.3, 0.4) is 0 Å². The van der Waals surface area contributed by atoms with Crippen LogP contribution in [0.25, 0.3) is 0 Å². The minimum atomic E-state index is -0.393. The Labute approximate surface area is 132 Å². The summed E-state index contributed by atoms with van der Waals surface area (Å²) >= 11 is 0. The highest BCUT2D eigenvalue weighted by Gasteiger charge is 2.23. The molecule has 0 saturated carbocycles. The fourth-order valence-electron chi connectivity index (χ4n) is 3.09. The monoisotopic (exact) mass is 293 g/mol. The molecule has 2 aromatic carbocycles. The van der Waals surface area contributed by atoms with Crippen LogP contribution in [0.15, 0.2) is 72.8 Å². The molecule has 0 aromatic heterocycles. The molecule has 2 aromatic rings. The van der Waals surface area contributed by atoms with E-state index in [0.717, 1.165) is 31.5 Å². The predicted octanol–water partition coefficient (Wildman–Crippen LogP) is 3.94. The van der Waals surface area contributed by atoms with E-state index >= 15 is 0 Å². The van der Waals surface area contributed by atoms with Crippen LogP contribution in [0.2, 0.25) is 0 Å². The molecule has 0 aliphatic carbocycles. The Morgan fingerprint density at radius 1 is 0.955 bits per heavy atom. The van der Waals surface area contributed by atoms with E-state index in [-0.39, 0.29) is 0 Å². The summed E-state index contributed by atoms with van der Waals surface area (Å²) in [6, 6.07) is 20.9. The van der Waals surface area contributed by atoms with Crippen molar-refractivity contribution in [3.63, 3.8) is 0 Å². The first-order valence-electron chi connectivity index (χ1n) is 7.99. The quantitative estimate of drug-likeness (QED) is 0.844. The number of rotatable bonds is 5. The maximum Gasteiger partial charge on any atom is 0.0805 e. The molecule has 3 rings (SSSR count). The van der Waals surface area contributed by atoms with Crippen LogP contribution < -0.4 is 0 Å². The molecule has 0 unspecified atom stereocenters. The van der Waals surface area contributed by atoms with Gasteiger partial charge in [0.25, 0.3) is 0 Å². The van der Waals surface area contributed by atoms with Crippen LogP contribution >= 0.6 is 0 Å². The third-order valence-corrected chi connectivity index (χ3v) is 4.34. The van der Waals surface area contributed by atoms with Gasteiger partial charge in [-0.05, 0) is 24.0 Å². The molecule has 0 fully saturated rings. The summed E-state index contributed by atoms with van der Waals surface area (Å²) in [4.78, 5) is 2.46. The van der Waals surface area contributed by atoms with Gasteiger partial charge in [0, 0.05) is 19.1 Å². The van der Waals surface area contributed by atoms with Gasteiger partial charge < -0.3 is 5.11 Å². The van der Waals surface area contributed by atoms with Crippen molar-refractivity contribution in [2.75, 3.05) is 6.54 Å². The second kappa shape index (κ2) is 7.39. The summed E-state index contributed by atoms with van der Waals surface area (Å²) in [6.45, 7) is 1.90. The van der Waals surface area contributed by atoms with Crippen LogP contribution in [-0.4, -0.2) is 22.6 Å². The molecule has 22 heavy (non-hydrogen) atoms. The number of nitrogens with zero attached hydrogens (tertiary/aromatic N) is 1. The van der Waals surface area contributed by atoms with E-state index in [1.165, 1.54) is 5.56 Å². The number of hydrogen-bond acceptors (Lipinski definition) is 2. The average molecular weight is 293 g/mol. The molecule has 1 N–H and O–H groups in total. The zero-order valence-electron chi connectivity index (χ0n) is 12.8. The molecule has 0 amide bonds. The molecule has 2 heteroatoms. The van der Waals surface area contributed by atoms with E-state index in [0.29, 0.717) is 6.04 Å². The van der Waals surface area contributed by atoms with E-state index in [1.807, 2.05) is 30.3 Å². The minimum Gasteiger partial charge on any atom is -0.388 e. The second-order valence-corrected chi connectivity index (χ2v) is 5.94. The van der Waals surface area contributed by atoms with Gasteiger partial charge in [-0.15, -0.1) is 0 Å². The van der Waals surface area contributed by atoms with E-state index < -0.39 is 6.10 Å². The molecule has 114 valence electrons. The summed E-state index contributed by atoms with van der Waals surface area (Å²) < 4.78 is 0. The first-order valence-corrected chi connectivity index (χ1v) is 7.99. The first kappa shape index (κ1) is 15.0. The van der Waals surface area contributed by atoms with Gasteiger partial charge in [0.2, 0.25) is 0 Å². The Kier molecular flexibility index (Phi) is 5.04. The van der Waals surface area contributed by atoms with Gasteiger partial charge in [0.1, 0.15) is 0 Å². The van der Waals surface area contributed by atoms with Gasteiger partial charge in [0.05, 0.1) is 6.10 Å². The molecule has 1 heterocycles. The van der Waals surface area contributed by atoms with Crippen LogP contribution in [0.1, 0.15) is 30.1 Å². The summed E-state index contributed by atoms with van der Waals surface area (Å²) in [5.41, 5.74) is 2.34. The number of aliphatic hydroxyl groups is 1. The van der Waals surface area contributed by atoms with Crippen LogP contribution in [0.5, 0.6) is 0 Å². The van der Waals surface area contributed by atoms with Crippen molar-refractivity contribution in [3.05, 3.63) is 83.9 Å². The lowest BCUT2D eigenvalue weighted by molar-refractivity contribution is 0.100. The lowest BCUT2D eigenvalue weighted by atomic mass is 9.96. The van der Waals surface area contributed by atoms with Crippen molar-refractivity contribution in [1.82, 2.24) is 4.90 Å². The van der Waals surface area contributed by atoms with Crippen molar-refractivity contribution in [3.8, 4) is 0 Å². The fraction of sp³-hybridized carbons (Fsp3) is 0.300. The zero-order valence-corrected chi connectivity index (χ0v) is 12.8. The molecule has 2 nitrogen and oxygen atoms in total. The Bertz CT molecular complexity index is 594.